The molecular weight excluding hydrogens is 221 g/mol. The fourth-order valence-electron chi connectivity index (χ4n) is 1.27. The quantitative estimate of drug-likeness (QED) is 0.864. The van der Waals surface area contributed by atoms with Crippen molar-refractivity contribution in [2.24, 2.45) is 5.92 Å². The highest BCUT2D eigenvalue weighted by molar-refractivity contribution is 6.35. The van der Waals surface area contributed by atoms with Gasteiger partial charge in [-0.2, -0.15) is 0 Å². The lowest BCUT2D eigenvalue weighted by Crippen LogP contribution is -2.45. The van der Waals surface area contributed by atoms with Gasteiger partial charge < -0.3 is 10.1 Å². The smallest absolute Gasteiger partial charge is 0.137 e. The molecule has 0 bridgehead atoms. The van der Waals surface area contributed by atoms with Crippen molar-refractivity contribution in [3.63, 3.8) is 0 Å². The van der Waals surface area contributed by atoms with Gasteiger partial charge in [-0.05, 0) is 18.2 Å². The molecule has 1 aliphatic heterocycles. The van der Waals surface area contributed by atoms with Gasteiger partial charge in [0.2, 0.25) is 0 Å². The Hall–Kier alpha value is -0.440. The molecule has 1 N–H and O–H groups in total. The van der Waals surface area contributed by atoms with Crippen molar-refractivity contribution >= 4 is 23.2 Å². The minimum Gasteiger partial charge on any atom is -0.492 e. The SMILES string of the molecule is Clc1ccc(OCC2CNC2)c(Cl)c1. The normalized spacial score (nSPS) is 16.4. The summed E-state index contributed by atoms with van der Waals surface area (Å²) in [7, 11) is 0. The summed E-state index contributed by atoms with van der Waals surface area (Å²) in [6.45, 7) is 2.78. The van der Waals surface area contributed by atoms with Crippen LogP contribution in [0.2, 0.25) is 10.0 Å². The highest BCUT2D eigenvalue weighted by Crippen LogP contribution is 2.27. The highest BCUT2D eigenvalue weighted by Gasteiger charge is 2.17. The number of ether oxygens (including phenoxy) is 1. The molecule has 0 aromatic heterocycles. The average Bonchev–Trinajstić information content (AvgIpc) is 2.05. The van der Waals surface area contributed by atoms with Gasteiger partial charge in [0.15, 0.2) is 0 Å². The van der Waals surface area contributed by atoms with Crippen molar-refractivity contribution in [3.8, 4) is 5.75 Å². The zero-order valence-electron chi connectivity index (χ0n) is 7.59. The van der Waals surface area contributed by atoms with E-state index in [1.54, 1.807) is 18.2 Å². The van der Waals surface area contributed by atoms with E-state index >= 15 is 0 Å². The maximum atomic E-state index is 5.95. The van der Waals surface area contributed by atoms with E-state index in [4.69, 9.17) is 27.9 Å². The Bertz CT molecular complexity index is 326. The van der Waals surface area contributed by atoms with Gasteiger partial charge in [-0.3, -0.25) is 0 Å². The Morgan fingerprint density at radius 3 is 2.71 bits per heavy atom. The molecule has 0 radical (unpaired) electrons. The van der Waals surface area contributed by atoms with Gasteiger partial charge in [0.1, 0.15) is 5.75 Å². The van der Waals surface area contributed by atoms with Crippen LogP contribution in [0.5, 0.6) is 5.75 Å². The third kappa shape index (κ3) is 2.32. The second-order valence-electron chi connectivity index (χ2n) is 3.41. The van der Waals surface area contributed by atoms with E-state index < -0.39 is 0 Å². The van der Waals surface area contributed by atoms with Gasteiger partial charge in [-0.25, -0.2) is 0 Å². The number of hydrogen-bond acceptors (Lipinski definition) is 2. The van der Waals surface area contributed by atoms with Gasteiger partial charge in [-0.15, -0.1) is 0 Å². The molecule has 1 aromatic carbocycles. The van der Waals surface area contributed by atoms with E-state index in [0.29, 0.717) is 28.3 Å². The summed E-state index contributed by atoms with van der Waals surface area (Å²) >= 11 is 11.7. The van der Waals surface area contributed by atoms with Crippen LogP contribution in [0.1, 0.15) is 0 Å². The van der Waals surface area contributed by atoms with Crippen molar-refractivity contribution in [2.45, 2.75) is 0 Å². The first-order chi connectivity index (χ1) is 6.75. The van der Waals surface area contributed by atoms with E-state index in [1.165, 1.54) is 0 Å². The number of halogens is 2. The Labute approximate surface area is 93.2 Å². The first kappa shape index (κ1) is 10.1. The van der Waals surface area contributed by atoms with E-state index in [-0.39, 0.29) is 0 Å². The second kappa shape index (κ2) is 4.39. The van der Waals surface area contributed by atoms with Gasteiger partial charge in [0.25, 0.3) is 0 Å². The Balaban J connectivity index is 1.94. The second-order valence-corrected chi connectivity index (χ2v) is 4.25. The number of rotatable bonds is 3. The number of hydrogen-bond donors (Lipinski definition) is 1. The van der Waals surface area contributed by atoms with E-state index in [9.17, 15) is 0 Å². The molecule has 2 nitrogen and oxygen atoms in total. The third-order valence-electron chi connectivity index (χ3n) is 2.23. The monoisotopic (exact) mass is 231 g/mol. The zero-order chi connectivity index (χ0) is 9.97. The molecule has 0 amide bonds. The van der Waals surface area contributed by atoms with Crippen molar-refractivity contribution in [3.05, 3.63) is 28.2 Å². The maximum absolute atomic E-state index is 5.95. The maximum Gasteiger partial charge on any atom is 0.137 e. The topological polar surface area (TPSA) is 21.3 Å². The van der Waals surface area contributed by atoms with Gasteiger partial charge in [0.05, 0.1) is 11.6 Å². The summed E-state index contributed by atoms with van der Waals surface area (Å²) in [5.41, 5.74) is 0. The predicted octanol–water partition coefficient (Wildman–Crippen LogP) is 2.59. The van der Waals surface area contributed by atoms with Crippen LogP contribution in [0.4, 0.5) is 0 Å². The molecule has 1 heterocycles. The van der Waals surface area contributed by atoms with Gasteiger partial charge >= 0.3 is 0 Å². The van der Waals surface area contributed by atoms with Gasteiger partial charge in [0, 0.05) is 24.0 Å². The molecule has 1 fully saturated rings. The summed E-state index contributed by atoms with van der Waals surface area (Å²) in [6, 6.07) is 5.27. The fraction of sp³-hybridized carbons (Fsp3) is 0.400. The Morgan fingerprint density at radius 1 is 1.36 bits per heavy atom. The molecule has 0 saturated carbocycles. The number of benzene rings is 1. The largest absolute Gasteiger partial charge is 0.492 e. The summed E-state index contributed by atoms with van der Waals surface area (Å²) in [4.78, 5) is 0. The minimum absolute atomic E-state index is 0.574. The summed E-state index contributed by atoms with van der Waals surface area (Å²) in [5, 5.41) is 4.39. The summed E-state index contributed by atoms with van der Waals surface area (Å²) < 4.78 is 5.57. The molecule has 0 unspecified atom stereocenters. The van der Waals surface area contributed by atoms with Crippen LogP contribution in [0.25, 0.3) is 0 Å². The van der Waals surface area contributed by atoms with E-state index in [1.807, 2.05) is 0 Å². The van der Waals surface area contributed by atoms with Crippen LogP contribution in [0, 0.1) is 5.92 Å². The predicted molar refractivity (Wildman–Crippen MR) is 58.3 cm³/mol. The average molecular weight is 232 g/mol. The first-order valence-corrected chi connectivity index (χ1v) is 5.30. The molecule has 76 valence electrons. The van der Waals surface area contributed by atoms with Crippen molar-refractivity contribution in [1.82, 2.24) is 5.32 Å². The highest BCUT2D eigenvalue weighted by atomic mass is 35.5. The van der Waals surface area contributed by atoms with Crippen LogP contribution >= 0.6 is 23.2 Å². The number of nitrogens with one attached hydrogen (secondary N) is 1. The fourth-order valence-corrected chi connectivity index (χ4v) is 1.73. The van der Waals surface area contributed by atoms with Crippen molar-refractivity contribution in [1.29, 1.82) is 0 Å². The molecular formula is C10H11Cl2NO. The van der Waals surface area contributed by atoms with Crippen molar-refractivity contribution < 1.29 is 4.74 Å². The molecule has 4 heteroatoms. The lowest BCUT2D eigenvalue weighted by atomic mass is 10.1. The molecule has 1 aromatic rings. The molecule has 0 spiro atoms. The molecule has 0 atom stereocenters. The zero-order valence-corrected chi connectivity index (χ0v) is 9.11. The Kier molecular flexibility index (Phi) is 3.16. The summed E-state index contributed by atoms with van der Waals surface area (Å²) in [5.74, 6) is 1.32. The molecule has 1 aliphatic rings. The lowest BCUT2D eigenvalue weighted by molar-refractivity contribution is 0.199. The minimum atomic E-state index is 0.574. The Morgan fingerprint density at radius 2 is 2.14 bits per heavy atom. The van der Waals surface area contributed by atoms with Crippen LogP contribution in [0.15, 0.2) is 18.2 Å². The molecule has 0 aliphatic carbocycles. The van der Waals surface area contributed by atoms with Crippen LogP contribution in [-0.4, -0.2) is 19.7 Å². The summed E-state index contributed by atoms with van der Waals surface area (Å²) in [6.07, 6.45) is 0. The molecule has 14 heavy (non-hydrogen) atoms. The standard InChI is InChI=1S/C10H11Cl2NO/c11-8-1-2-10(9(12)3-8)14-6-7-4-13-5-7/h1-3,7,13H,4-6H2. The third-order valence-corrected chi connectivity index (χ3v) is 2.76. The first-order valence-electron chi connectivity index (χ1n) is 4.54. The van der Waals surface area contributed by atoms with Crippen molar-refractivity contribution in [2.75, 3.05) is 19.7 Å². The lowest BCUT2D eigenvalue weighted by Gasteiger charge is -2.26. The van der Waals surface area contributed by atoms with Gasteiger partial charge in [-0.1, -0.05) is 23.2 Å². The van der Waals surface area contributed by atoms with E-state index in [2.05, 4.69) is 5.32 Å². The van der Waals surface area contributed by atoms with Crippen LogP contribution in [-0.2, 0) is 0 Å². The van der Waals surface area contributed by atoms with Crippen LogP contribution in [0.3, 0.4) is 0 Å². The molecule has 2 rings (SSSR count). The van der Waals surface area contributed by atoms with Crippen LogP contribution < -0.4 is 10.1 Å². The van der Waals surface area contributed by atoms with E-state index in [0.717, 1.165) is 13.1 Å². The molecule has 1 saturated heterocycles.